The Morgan fingerprint density at radius 2 is 1.68 bits per heavy atom. The molecule has 0 bridgehead atoms. The molecule has 132 valence electrons. The predicted octanol–water partition coefficient (Wildman–Crippen LogP) is 3.83. The van der Waals surface area contributed by atoms with E-state index >= 15 is 0 Å². The number of hydrogen-bond donors (Lipinski definition) is 0. The Hall–Kier alpha value is -1.75. The molecule has 0 spiro atoms. The van der Waals surface area contributed by atoms with E-state index in [1.54, 1.807) is 24.3 Å². The molecule has 1 aliphatic heterocycles. The van der Waals surface area contributed by atoms with Crippen LogP contribution in [0.4, 0.5) is 0 Å². The first-order valence-electron chi connectivity index (χ1n) is 8.27. The SMILES string of the molecule is O=C(c1cccc(Cl)c1)N1CCN(CCOc2ccc(Cl)cc2)CC1. The minimum absolute atomic E-state index is 0.0413. The number of halogens is 2. The fourth-order valence-electron chi connectivity index (χ4n) is 2.80. The highest BCUT2D eigenvalue weighted by atomic mass is 35.5. The molecule has 0 aromatic heterocycles. The van der Waals surface area contributed by atoms with E-state index in [4.69, 9.17) is 27.9 Å². The summed E-state index contributed by atoms with van der Waals surface area (Å²) in [6.07, 6.45) is 0. The quantitative estimate of drug-likeness (QED) is 0.792. The maximum absolute atomic E-state index is 12.5. The number of hydrogen-bond acceptors (Lipinski definition) is 3. The van der Waals surface area contributed by atoms with Crippen LogP contribution >= 0.6 is 23.2 Å². The molecule has 0 unspecified atom stereocenters. The summed E-state index contributed by atoms with van der Waals surface area (Å²) in [5.41, 5.74) is 0.645. The summed E-state index contributed by atoms with van der Waals surface area (Å²) >= 11 is 11.8. The van der Waals surface area contributed by atoms with Gasteiger partial charge in [-0.1, -0.05) is 29.3 Å². The van der Waals surface area contributed by atoms with Gasteiger partial charge in [-0.3, -0.25) is 9.69 Å². The summed E-state index contributed by atoms with van der Waals surface area (Å²) < 4.78 is 5.73. The van der Waals surface area contributed by atoms with Crippen molar-refractivity contribution < 1.29 is 9.53 Å². The van der Waals surface area contributed by atoms with Crippen LogP contribution in [0.3, 0.4) is 0 Å². The number of rotatable bonds is 5. The van der Waals surface area contributed by atoms with Gasteiger partial charge in [-0.15, -0.1) is 0 Å². The first kappa shape index (κ1) is 18.1. The van der Waals surface area contributed by atoms with Crippen molar-refractivity contribution in [1.29, 1.82) is 0 Å². The fraction of sp³-hybridized carbons (Fsp3) is 0.316. The van der Waals surface area contributed by atoms with E-state index < -0.39 is 0 Å². The average molecular weight is 379 g/mol. The second-order valence-electron chi connectivity index (χ2n) is 5.95. The van der Waals surface area contributed by atoms with E-state index in [2.05, 4.69) is 4.90 Å². The topological polar surface area (TPSA) is 32.8 Å². The first-order chi connectivity index (χ1) is 12.1. The molecular weight excluding hydrogens is 359 g/mol. The predicted molar refractivity (Wildman–Crippen MR) is 101 cm³/mol. The van der Waals surface area contributed by atoms with E-state index in [1.165, 1.54) is 0 Å². The average Bonchev–Trinajstić information content (AvgIpc) is 2.63. The first-order valence-corrected chi connectivity index (χ1v) is 9.03. The van der Waals surface area contributed by atoms with Crippen LogP contribution < -0.4 is 4.74 Å². The molecule has 1 aliphatic rings. The van der Waals surface area contributed by atoms with Gasteiger partial charge in [0.05, 0.1) is 0 Å². The third-order valence-corrected chi connectivity index (χ3v) is 4.71. The third kappa shape index (κ3) is 5.11. The lowest BCUT2D eigenvalue weighted by molar-refractivity contribution is 0.0620. The Labute approximate surface area is 157 Å². The lowest BCUT2D eigenvalue weighted by atomic mass is 10.2. The van der Waals surface area contributed by atoms with Gasteiger partial charge in [0, 0.05) is 48.3 Å². The Balaban J connectivity index is 1.42. The minimum atomic E-state index is 0.0413. The molecule has 6 heteroatoms. The van der Waals surface area contributed by atoms with Crippen molar-refractivity contribution in [3.8, 4) is 5.75 Å². The third-order valence-electron chi connectivity index (χ3n) is 4.22. The van der Waals surface area contributed by atoms with Crippen molar-refractivity contribution in [2.45, 2.75) is 0 Å². The summed E-state index contributed by atoms with van der Waals surface area (Å²) in [5, 5.41) is 1.29. The number of carbonyl (C=O) groups excluding carboxylic acids is 1. The second kappa shape index (κ2) is 8.56. The maximum atomic E-state index is 12.5. The lowest BCUT2D eigenvalue weighted by Gasteiger charge is -2.34. The molecule has 2 aromatic carbocycles. The Morgan fingerprint density at radius 1 is 0.960 bits per heavy atom. The molecule has 4 nitrogen and oxygen atoms in total. The van der Waals surface area contributed by atoms with Gasteiger partial charge in [-0.25, -0.2) is 0 Å². The standard InChI is InChI=1S/C19H20Cl2N2O2/c20-16-4-6-18(7-5-16)25-13-12-22-8-10-23(11-9-22)19(24)15-2-1-3-17(21)14-15/h1-7,14H,8-13H2. The molecule has 1 amide bonds. The van der Waals surface area contributed by atoms with Gasteiger partial charge in [-0.2, -0.15) is 0 Å². The normalized spacial score (nSPS) is 15.2. The number of nitrogens with zero attached hydrogens (tertiary/aromatic N) is 2. The molecule has 0 atom stereocenters. The zero-order valence-electron chi connectivity index (χ0n) is 13.8. The molecule has 0 saturated carbocycles. The van der Waals surface area contributed by atoms with Gasteiger partial charge < -0.3 is 9.64 Å². The molecule has 1 saturated heterocycles. The maximum Gasteiger partial charge on any atom is 0.253 e. The van der Waals surface area contributed by atoms with Gasteiger partial charge in [-0.05, 0) is 42.5 Å². The van der Waals surface area contributed by atoms with E-state index in [0.29, 0.717) is 35.3 Å². The van der Waals surface area contributed by atoms with Crippen molar-refractivity contribution in [3.63, 3.8) is 0 Å². The summed E-state index contributed by atoms with van der Waals surface area (Å²) in [5.74, 6) is 0.860. The number of amides is 1. The van der Waals surface area contributed by atoms with E-state index in [-0.39, 0.29) is 5.91 Å². The molecule has 0 radical (unpaired) electrons. The van der Waals surface area contributed by atoms with E-state index in [9.17, 15) is 4.79 Å². The van der Waals surface area contributed by atoms with Gasteiger partial charge in [0.1, 0.15) is 12.4 Å². The molecule has 1 fully saturated rings. The van der Waals surface area contributed by atoms with Crippen LogP contribution in [0.5, 0.6) is 5.75 Å². The Morgan fingerprint density at radius 3 is 2.36 bits per heavy atom. The van der Waals surface area contributed by atoms with Crippen LogP contribution in [0.15, 0.2) is 48.5 Å². The number of piperazine rings is 1. The minimum Gasteiger partial charge on any atom is -0.492 e. The zero-order chi connectivity index (χ0) is 17.6. The van der Waals surface area contributed by atoms with Crippen LogP contribution in [0.25, 0.3) is 0 Å². The molecule has 0 N–H and O–H groups in total. The summed E-state index contributed by atoms with van der Waals surface area (Å²) in [4.78, 5) is 16.7. The summed E-state index contributed by atoms with van der Waals surface area (Å²) in [6, 6.07) is 14.5. The summed E-state index contributed by atoms with van der Waals surface area (Å²) in [6.45, 7) is 4.57. The molecule has 3 rings (SSSR count). The second-order valence-corrected chi connectivity index (χ2v) is 6.82. The monoisotopic (exact) mass is 378 g/mol. The number of ether oxygens (including phenoxy) is 1. The van der Waals surface area contributed by atoms with Gasteiger partial charge in [0.2, 0.25) is 0 Å². The fourth-order valence-corrected chi connectivity index (χ4v) is 3.12. The zero-order valence-corrected chi connectivity index (χ0v) is 15.3. The summed E-state index contributed by atoms with van der Waals surface area (Å²) in [7, 11) is 0. The van der Waals surface area contributed by atoms with Crippen LogP contribution in [0, 0.1) is 0 Å². The highest BCUT2D eigenvalue weighted by molar-refractivity contribution is 6.31. The van der Waals surface area contributed by atoms with Gasteiger partial charge >= 0.3 is 0 Å². The van der Waals surface area contributed by atoms with Crippen molar-refractivity contribution >= 4 is 29.1 Å². The lowest BCUT2D eigenvalue weighted by Crippen LogP contribution is -2.49. The van der Waals surface area contributed by atoms with E-state index in [0.717, 1.165) is 25.4 Å². The highest BCUT2D eigenvalue weighted by Crippen LogP contribution is 2.16. The highest BCUT2D eigenvalue weighted by Gasteiger charge is 2.22. The molecular formula is C19H20Cl2N2O2. The largest absolute Gasteiger partial charge is 0.492 e. The van der Waals surface area contributed by atoms with Crippen LogP contribution in [0.2, 0.25) is 10.0 Å². The smallest absolute Gasteiger partial charge is 0.253 e. The van der Waals surface area contributed by atoms with Gasteiger partial charge in [0.25, 0.3) is 5.91 Å². The van der Waals surface area contributed by atoms with Crippen molar-refractivity contribution in [2.75, 3.05) is 39.3 Å². The van der Waals surface area contributed by atoms with Gasteiger partial charge in [0.15, 0.2) is 0 Å². The van der Waals surface area contributed by atoms with Crippen LogP contribution in [-0.2, 0) is 0 Å². The molecule has 2 aromatic rings. The molecule has 1 heterocycles. The van der Waals surface area contributed by atoms with E-state index in [1.807, 2.05) is 29.2 Å². The number of carbonyl (C=O) groups is 1. The molecule has 0 aliphatic carbocycles. The Kier molecular flexibility index (Phi) is 6.19. The van der Waals surface area contributed by atoms with Crippen molar-refractivity contribution in [1.82, 2.24) is 9.80 Å². The van der Waals surface area contributed by atoms with Crippen molar-refractivity contribution in [2.24, 2.45) is 0 Å². The van der Waals surface area contributed by atoms with Crippen LogP contribution in [-0.4, -0.2) is 55.0 Å². The number of benzene rings is 2. The van der Waals surface area contributed by atoms with Crippen molar-refractivity contribution in [3.05, 3.63) is 64.1 Å². The molecule has 25 heavy (non-hydrogen) atoms. The van der Waals surface area contributed by atoms with Crippen LogP contribution in [0.1, 0.15) is 10.4 Å². The Bertz CT molecular complexity index is 714.